The van der Waals surface area contributed by atoms with Crippen molar-refractivity contribution in [1.29, 1.82) is 0 Å². The second-order valence-electron chi connectivity index (χ2n) is 1.62. The van der Waals surface area contributed by atoms with Crippen molar-refractivity contribution in [2.75, 3.05) is 0 Å². The molecule has 0 heterocycles. The molecule has 0 radical (unpaired) electrons. The number of hydrogen-bond acceptors (Lipinski definition) is 2. The van der Waals surface area contributed by atoms with Gasteiger partial charge in [-0.25, -0.2) is 0 Å². The van der Waals surface area contributed by atoms with Gasteiger partial charge in [-0.1, -0.05) is 6.58 Å². The summed E-state index contributed by atoms with van der Waals surface area (Å²) in [5.41, 5.74) is 6.04. The maximum absolute atomic E-state index is 5.40. The lowest BCUT2D eigenvalue weighted by Gasteiger charge is -1.83. The smallest absolute Gasteiger partial charge is 0.0308 e. The van der Waals surface area contributed by atoms with Crippen LogP contribution in [0.25, 0.3) is 0 Å². The molecule has 0 amide bonds. The van der Waals surface area contributed by atoms with Crippen LogP contribution in [-0.4, -0.2) is 6.21 Å². The van der Waals surface area contributed by atoms with Crippen LogP contribution in [0.2, 0.25) is 0 Å². The van der Waals surface area contributed by atoms with Crippen molar-refractivity contribution >= 4 is 6.21 Å². The fourth-order valence-electron chi connectivity index (χ4n) is 0.358. The molecule has 0 aliphatic carbocycles. The van der Waals surface area contributed by atoms with E-state index in [-0.39, 0.29) is 0 Å². The Kier molecular flexibility index (Phi) is 5.06. The van der Waals surface area contributed by atoms with Crippen molar-refractivity contribution in [2.24, 2.45) is 10.7 Å². The molecule has 0 aromatic carbocycles. The van der Waals surface area contributed by atoms with Crippen molar-refractivity contribution in [2.45, 2.75) is 6.92 Å². The fraction of sp³-hybridized carbons (Fsp3) is 0.125. The van der Waals surface area contributed by atoms with Crippen LogP contribution in [-0.2, 0) is 0 Å². The second-order valence-corrected chi connectivity index (χ2v) is 1.62. The van der Waals surface area contributed by atoms with Crippen LogP contribution in [0.5, 0.6) is 0 Å². The third-order valence-electron chi connectivity index (χ3n) is 0.846. The molecule has 0 spiro atoms. The van der Waals surface area contributed by atoms with E-state index in [1.807, 2.05) is 6.92 Å². The van der Waals surface area contributed by atoms with Gasteiger partial charge >= 0.3 is 0 Å². The summed E-state index contributed by atoms with van der Waals surface area (Å²) >= 11 is 0. The summed E-state index contributed by atoms with van der Waals surface area (Å²) in [7, 11) is 0. The van der Waals surface area contributed by atoms with Gasteiger partial charge in [-0.15, -0.1) is 0 Å². The Morgan fingerprint density at radius 3 is 2.80 bits per heavy atom. The lowest BCUT2D eigenvalue weighted by atomic mass is 10.4. The molecule has 2 nitrogen and oxygen atoms in total. The topological polar surface area (TPSA) is 38.4 Å². The predicted molar refractivity (Wildman–Crippen MR) is 45.8 cm³/mol. The van der Waals surface area contributed by atoms with Gasteiger partial charge in [0.05, 0.1) is 0 Å². The van der Waals surface area contributed by atoms with Gasteiger partial charge in [0.1, 0.15) is 0 Å². The predicted octanol–water partition coefficient (Wildman–Crippen LogP) is 1.62. The molecule has 2 heteroatoms. The van der Waals surface area contributed by atoms with Crippen LogP contribution in [0, 0.1) is 0 Å². The molecule has 2 N–H and O–H groups in total. The van der Waals surface area contributed by atoms with Crippen molar-refractivity contribution in [3.05, 3.63) is 36.7 Å². The van der Waals surface area contributed by atoms with E-state index in [9.17, 15) is 0 Å². The standard InChI is InChI=1S/C8H12N2/c1-3-8(9)6-5-7-10-4-2/h3-7H,1,9H2,2H3/b7-5-,8-6+,10-4?. The molecule has 0 fully saturated rings. The van der Waals surface area contributed by atoms with Crippen LogP contribution in [0.1, 0.15) is 6.92 Å². The number of nitrogens with two attached hydrogens (primary N) is 1. The Hall–Kier alpha value is -1.31. The summed E-state index contributed by atoms with van der Waals surface area (Å²) in [5, 5.41) is 0. The maximum atomic E-state index is 5.40. The molecule has 0 saturated carbocycles. The quantitative estimate of drug-likeness (QED) is 0.464. The van der Waals surface area contributed by atoms with E-state index in [0.717, 1.165) is 0 Å². The number of rotatable bonds is 3. The van der Waals surface area contributed by atoms with Crippen molar-refractivity contribution < 1.29 is 0 Å². The Balaban J connectivity index is 3.81. The zero-order valence-electron chi connectivity index (χ0n) is 6.12. The van der Waals surface area contributed by atoms with Crippen LogP contribution >= 0.6 is 0 Å². The highest BCUT2D eigenvalue weighted by atomic mass is 14.6. The van der Waals surface area contributed by atoms with Gasteiger partial charge in [0.25, 0.3) is 0 Å². The lowest BCUT2D eigenvalue weighted by molar-refractivity contribution is 1.43. The average Bonchev–Trinajstić information content (AvgIpc) is 1.98. The molecule has 0 aromatic rings. The van der Waals surface area contributed by atoms with Crippen LogP contribution in [0.3, 0.4) is 0 Å². The van der Waals surface area contributed by atoms with Crippen LogP contribution < -0.4 is 5.73 Å². The first-order valence-electron chi connectivity index (χ1n) is 3.03. The number of nitrogens with zero attached hydrogens (tertiary/aromatic N) is 1. The number of aliphatic imine (C=N–C) groups is 1. The summed E-state index contributed by atoms with van der Waals surface area (Å²) < 4.78 is 0. The number of allylic oxidation sites excluding steroid dienone is 3. The maximum Gasteiger partial charge on any atom is 0.0308 e. The first-order chi connectivity index (χ1) is 4.81. The van der Waals surface area contributed by atoms with Crippen LogP contribution in [0.15, 0.2) is 41.7 Å². The van der Waals surface area contributed by atoms with E-state index in [1.165, 1.54) is 0 Å². The van der Waals surface area contributed by atoms with E-state index in [1.54, 1.807) is 30.6 Å². The average molecular weight is 136 g/mol. The molecule has 0 unspecified atom stereocenters. The minimum atomic E-state index is 0.641. The highest BCUT2D eigenvalue weighted by Crippen LogP contribution is 1.84. The van der Waals surface area contributed by atoms with Crippen molar-refractivity contribution in [1.82, 2.24) is 0 Å². The van der Waals surface area contributed by atoms with Crippen LogP contribution in [0.4, 0.5) is 0 Å². The molecule has 0 atom stereocenters. The minimum Gasteiger partial charge on any atom is -0.399 e. The van der Waals surface area contributed by atoms with Gasteiger partial charge < -0.3 is 5.73 Å². The summed E-state index contributed by atoms with van der Waals surface area (Å²) in [6.07, 6.45) is 8.45. The first-order valence-corrected chi connectivity index (χ1v) is 3.03. The van der Waals surface area contributed by atoms with Gasteiger partial charge in [0, 0.05) is 18.1 Å². The zero-order valence-corrected chi connectivity index (χ0v) is 6.12. The third-order valence-corrected chi connectivity index (χ3v) is 0.846. The molecule has 10 heavy (non-hydrogen) atoms. The molecule has 0 aliphatic rings. The molecule has 0 rings (SSSR count). The molecule has 0 aromatic heterocycles. The Bertz CT molecular complexity index is 176. The van der Waals surface area contributed by atoms with E-state index >= 15 is 0 Å². The molecule has 0 aliphatic heterocycles. The molecule has 54 valence electrons. The molecular weight excluding hydrogens is 124 g/mol. The monoisotopic (exact) mass is 136 g/mol. The van der Waals surface area contributed by atoms with Crippen molar-refractivity contribution in [3.8, 4) is 0 Å². The van der Waals surface area contributed by atoms with Gasteiger partial charge in [-0.3, -0.25) is 4.99 Å². The third kappa shape index (κ3) is 4.84. The summed E-state index contributed by atoms with van der Waals surface area (Å²) in [5.74, 6) is 0. The van der Waals surface area contributed by atoms with E-state index in [2.05, 4.69) is 11.6 Å². The van der Waals surface area contributed by atoms with Gasteiger partial charge in [-0.05, 0) is 25.2 Å². The van der Waals surface area contributed by atoms with E-state index in [4.69, 9.17) is 5.73 Å². The largest absolute Gasteiger partial charge is 0.399 e. The second kappa shape index (κ2) is 5.82. The number of hydrogen-bond donors (Lipinski definition) is 1. The molecule has 0 saturated heterocycles. The zero-order chi connectivity index (χ0) is 7.82. The molecular formula is C8H12N2. The Morgan fingerprint density at radius 1 is 1.60 bits per heavy atom. The Morgan fingerprint density at radius 2 is 2.30 bits per heavy atom. The highest BCUT2D eigenvalue weighted by Gasteiger charge is 1.71. The van der Waals surface area contributed by atoms with Gasteiger partial charge in [-0.2, -0.15) is 0 Å². The lowest BCUT2D eigenvalue weighted by Crippen LogP contribution is -1.89. The van der Waals surface area contributed by atoms with E-state index in [0.29, 0.717) is 5.70 Å². The summed E-state index contributed by atoms with van der Waals surface area (Å²) in [6, 6.07) is 0. The van der Waals surface area contributed by atoms with Crippen molar-refractivity contribution in [3.63, 3.8) is 0 Å². The minimum absolute atomic E-state index is 0.641. The van der Waals surface area contributed by atoms with Gasteiger partial charge in [0.15, 0.2) is 0 Å². The fourth-order valence-corrected chi connectivity index (χ4v) is 0.358. The van der Waals surface area contributed by atoms with Gasteiger partial charge in [0.2, 0.25) is 0 Å². The highest BCUT2D eigenvalue weighted by molar-refractivity contribution is 5.54. The Labute approximate surface area is 61.5 Å². The SMILES string of the molecule is C=C/C(N)=C\C=C/N=CC. The normalized spacial score (nSPS) is 13.1. The summed E-state index contributed by atoms with van der Waals surface area (Å²) in [4.78, 5) is 3.84. The van der Waals surface area contributed by atoms with E-state index < -0.39 is 0 Å². The summed E-state index contributed by atoms with van der Waals surface area (Å²) in [6.45, 7) is 5.35. The molecule has 0 bridgehead atoms. The first kappa shape index (κ1) is 8.69.